The predicted molar refractivity (Wildman–Crippen MR) is 241 cm³/mol. The van der Waals surface area contributed by atoms with Crippen molar-refractivity contribution in [3.63, 3.8) is 0 Å². The summed E-state index contributed by atoms with van der Waals surface area (Å²) in [6.07, 6.45) is 51.7. The lowest BCUT2D eigenvalue weighted by molar-refractivity contribution is -0.151. The highest BCUT2D eigenvalue weighted by Gasteiger charge is 2.24. The van der Waals surface area contributed by atoms with E-state index >= 15 is 0 Å². The van der Waals surface area contributed by atoms with Crippen molar-refractivity contribution in [1.29, 1.82) is 0 Å². The van der Waals surface area contributed by atoms with Crippen molar-refractivity contribution >= 4 is 11.9 Å². The van der Waals surface area contributed by atoms with Crippen molar-refractivity contribution in [1.82, 2.24) is 5.32 Å². The van der Waals surface area contributed by atoms with Crippen molar-refractivity contribution in [2.45, 2.75) is 251 Å². The van der Waals surface area contributed by atoms with Gasteiger partial charge in [-0.15, -0.1) is 0 Å². The van der Waals surface area contributed by atoms with Gasteiger partial charge in [0.1, 0.15) is 6.10 Å². The Morgan fingerprint density at radius 3 is 1.48 bits per heavy atom. The Kier molecular flexibility index (Phi) is 42.2. The topological polar surface area (TPSA) is 95.9 Å². The number of carbonyl (C=O) groups excluding carboxylic acids is 2. The molecule has 0 spiro atoms. The smallest absolute Gasteiger partial charge is 0.306 e. The van der Waals surface area contributed by atoms with Gasteiger partial charge < -0.3 is 20.3 Å². The number of aliphatic hydroxyl groups is 2. The van der Waals surface area contributed by atoms with Gasteiger partial charge in [0.2, 0.25) is 5.91 Å². The molecule has 3 unspecified atom stereocenters. The van der Waals surface area contributed by atoms with Crippen LogP contribution in [0.5, 0.6) is 0 Å². The lowest BCUT2D eigenvalue weighted by Gasteiger charge is -2.24. The predicted octanol–water partition coefficient (Wildman–Crippen LogP) is 13.9. The summed E-state index contributed by atoms with van der Waals surface area (Å²) in [6.45, 7) is 6.40. The van der Waals surface area contributed by atoms with Gasteiger partial charge in [-0.2, -0.15) is 0 Å². The highest BCUT2D eigenvalue weighted by atomic mass is 16.5. The van der Waals surface area contributed by atoms with Gasteiger partial charge in [0, 0.05) is 6.42 Å². The first kappa shape index (κ1) is 53.8. The number of amides is 1. The Balaban J connectivity index is 4.69. The first-order valence-corrected chi connectivity index (χ1v) is 23.9. The summed E-state index contributed by atoms with van der Waals surface area (Å²) < 4.78 is 5.89. The van der Waals surface area contributed by atoms with Crippen LogP contribution in [-0.2, 0) is 14.3 Å². The molecule has 0 saturated carbocycles. The van der Waals surface area contributed by atoms with E-state index in [4.69, 9.17) is 4.74 Å². The van der Waals surface area contributed by atoms with Crippen LogP contribution < -0.4 is 5.32 Å². The molecule has 0 bridgehead atoms. The second-order valence-corrected chi connectivity index (χ2v) is 16.2. The SMILES string of the molecule is CCCC/C=C\CCCCCCCC(=O)OC(CCCCC/C=C/C=C/C=C/CCCCCCC)CC(=O)NC(CO)C(O)CCCCCCCCCCCC. The quantitative estimate of drug-likeness (QED) is 0.0248. The van der Waals surface area contributed by atoms with Crippen LogP contribution in [0.3, 0.4) is 0 Å². The summed E-state index contributed by atoms with van der Waals surface area (Å²) in [6, 6.07) is -0.712. The third kappa shape index (κ3) is 38.7. The number of esters is 1. The van der Waals surface area contributed by atoms with Crippen molar-refractivity contribution < 1.29 is 24.5 Å². The monoisotopic (exact) mass is 786 g/mol. The number of hydrogen-bond donors (Lipinski definition) is 3. The Bertz CT molecular complexity index is 972. The summed E-state index contributed by atoms with van der Waals surface area (Å²) >= 11 is 0. The van der Waals surface area contributed by atoms with Gasteiger partial charge in [0.15, 0.2) is 0 Å². The molecule has 6 nitrogen and oxygen atoms in total. The molecule has 0 saturated heterocycles. The standard InChI is InChI=1S/C50H91NO5/c1-4-7-10-13-16-19-22-23-24-25-26-28-29-32-35-38-41-46(56-50(55)43-40-37-34-31-27-20-17-14-11-8-5-2)44-49(54)51-47(45-52)48(53)42-39-36-33-30-21-18-15-12-9-6-3/h14,17,22-26,28,46-48,52-53H,4-13,15-16,18-21,27,29-45H2,1-3H3,(H,51,54)/b17-14-,23-22+,25-24+,28-26+. The van der Waals surface area contributed by atoms with E-state index < -0.39 is 18.2 Å². The van der Waals surface area contributed by atoms with E-state index in [1.807, 2.05) is 0 Å². The number of ether oxygens (including phenoxy) is 1. The summed E-state index contributed by atoms with van der Waals surface area (Å²) in [5.41, 5.74) is 0. The minimum absolute atomic E-state index is 0.0515. The average Bonchev–Trinajstić information content (AvgIpc) is 3.19. The highest BCUT2D eigenvalue weighted by Crippen LogP contribution is 2.17. The van der Waals surface area contributed by atoms with Gasteiger partial charge in [-0.25, -0.2) is 0 Å². The molecule has 326 valence electrons. The van der Waals surface area contributed by atoms with Crippen LogP contribution in [0.4, 0.5) is 0 Å². The molecule has 0 aliphatic carbocycles. The van der Waals surface area contributed by atoms with E-state index in [0.717, 1.165) is 77.0 Å². The zero-order chi connectivity index (χ0) is 41.0. The maximum absolute atomic E-state index is 13.1. The number of carbonyl (C=O) groups is 2. The Morgan fingerprint density at radius 1 is 0.518 bits per heavy atom. The molecule has 6 heteroatoms. The molecule has 0 heterocycles. The van der Waals surface area contributed by atoms with E-state index in [1.54, 1.807) is 0 Å². The molecule has 3 N–H and O–H groups in total. The van der Waals surface area contributed by atoms with Crippen molar-refractivity contribution in [2.75, 3.05) is 6.61 Å². The normalized spacial score (nSPS) is 13.7. The zero-order valence-corrected chi connectivity index (χ0v) is 37.0. The maximum Gasteiger partial charge on any atom is 0.306 e. The Labute approximate surface area is 346 Å². The zero-order valence-electron chi connectivity index (χ0n) is 37.0. The summed E-state index contributed by atoms with van der Waals surface area (Å²) in [5.74, 6) is -0.519. The van der Waals surface area contributed by atoms with Crippen LogP contribution in [0.15, 0.2) is 48.6 Å². The van der Waals surface area contributed by atoms with Crippen molar-refractivity contribution in [3.8, 4) is 0 Å². The minimum Gasteiger partial charge on any atom is -0.462 e. The molecule has 0 aromatic heterocycles. The molecule has 0 rings (SSSR count). The number of aliphatic hydroxyl groups excluding tert-OH is 2. The van der Waals surface area contributed by atoms with Gasteiger partial charge in [-0.3, -0.25) is 9.59 Å². The van der Waals surface area contributed by atoms with E-state index in [9.17, 15) is 19.8 Å². The van der Waals surface area contributed by atoms with Gasteiger partial charge in [-0.1, -0.05) is 198 Å². The summed E-state index contributed by atoms with van der Waals surface area (Å²) in [4.78, 5) is 26.0. The molecule has 0 fully saturated rings. The Hall–Kier alpha value is -2.18. The molecule has 0 aliphatic heterocycles. The number of hydrogen-bond acceptors (Lipinski definition) is 5. The van der Waals surface area contributed by atoms with Crippen LogP contribution in [0, 0.1) is 0 Å². The number of nitrogens with one attached hydrogen (secondary N) is 1. The minimum atomic E-state index is -0.796. The molecule has 0 radical (unpaired) electrons. The van der Waals surface area contributed by atoms with Crippen LogP contribution >= 0.6 is 0 Å². The van der Waals surface area contributed by atoms with Gasteiger partial charge >= 0.3 is 5.97 Å². The molecular formula is C50H91NO5. The van der Waals surface area contributed by atoms with Gasteiger partial charge in [-0.05, 0) is 70.6 Å². The second-order valence-electron chi connectivity index (χ2n) is 16.2. The van der Waals surface area contributed by atoms with E-state index in [1.165, 1.54) is 109 Å². The lowest BCUT2D eigenvalue weighted by atomic mass is 10.0. The molecule has 0 aliphatic rings. The lowest BCUT2D eigenvalue weighted by Crippen LogP contribution is -2.46. The molecule has 3 atom stereocenters. The van der Waals surface area contributed by atoms with Crippen LogP contribution in [0.2, 0.25) is 0 Å². The Morgan fingerprint density at radius 2 is 0.946 bits per heavy atom. The van der Waals surface area contributed by atoms with Gasteiger partial charge in [0.05, 0.1) is 25.2 Å². The molecule has 1 amide bonds. The van der Waals surface area contributed by atoms with E-state index in [0.29, 0.717) is 19.3 Å². The maximum atomic E-state index is 13.1. The first-order chi connectivity index (χ1) is 27.5. The molecule has 0 aromatic rings. The highest BCUT2D eigenvalue weighted by molar-refractivity contribution is 5.77. The second kappa shape index (κ2) is 43.9. The number of allylic oxidation sites excluding steroid dienone is 8. The number of rotatable bonds is 42. The molecular weight excluding hydrogens is 695 g/mol. The number of unbranched alkanes of at least 4 members (excludes halogenated alkanes) is 24. The van der Waals surface area contributed by atoms with E-state index in [2.05, 4.69) is 74.7 Å². The molecule has 56 heavy (non-hydrogen) atoms. The summed E-state index contributed by atoms with van der Waals surface area (Å²) in [5, 5.41) is 23.6. The van der Waals surface area contributed by atoms with Crippen LogP contribution in [-0.4, -0.2) is 46.9 Å². The largest absolute Gasteiger partial charge is 0.462 e. The van der Waals surface area contributed by atoms with E-state index in [-0.39, 0.29) is 24.9 Å². The van der Waals surface area contributed by atoms with Crippen molar-refractivity contribution in [2.24, 2.45) is 0 Å². The fourth-order valence-corrected chi connectivity index (χ4v) is 7.00. The average molecular weight is 786 g/mol. The van der Waals surface area contributed by atoms with Crippen LogP contribution in [0.25, 0.3) is 0 Å². The fourth-order valence-electron chi connectivity index (χ4n) is 7.00. The summed E-state index contributed by atoms with van der Waals surface area (Å²) in [7, 11) is 0. The first-order valence-electron chi connectivity index (χ1n) is 23.9. The third-order valence-corrected chi connectivity index (χ3v) is 10.7. The molecule has 0 aromatic carbocycles. The van der Waals surface area contributed by atoms with Crippen LogP contribution in [0.1, 0.15) is 233 Å². The third-order valence-electron chi connectivity index (χ3n) is 10.7. The fraction of sp³-hybridized carbons (Fsp3) is 0.800. The van der Waals surface area contributed by atoms with Crippen molar-refractivity contribution in [3.05, 3.63) is 48.6 Å². The van der Waals surface area contributed by atoms with Gasteiger partial charge in [0.25, 0.3) is 0 Å².